The first kappa shape index (κ1) is 67.5. The van der Waals surface area contributed by atoms with E-state index < -0.39 is 17.9 Å². The van der Waals surface area contributed by atoms with E-state index in [1.54, 1.807) is 13.8 Å². The van der Waals surface area contributed by atoms with Crippen LogP contribution < -0.4 is 0 Å². The van der Waals surface area contributed by atoms with Crippen LogP contribution in [0, 0.1) is 0 Å². The van der Waals surface area contributed by atoms with Crippen LogP contribution in [0.2, 0.25) is 0 Å². The van der Waals surface area contributed by atoms with Crippen LogP contribution in [0.25, 0.3) is 0 Å². The maximum absolute atomic E-state index is 10.4. The molecule has 6 unspecified atom stereocenters. The number of carbonyl (C=O) groups is 3. The van der Waals surface area contributed by atoms with Crippen LogP contribution in [0.15, 0.2) is 72.9 Å². The summed E-state index contributed by atoms with van der Waals surface area (Å²) in [5.41, 5.74) is 0. The normalized spacial score (nSPS) is 20.3. The zero-order valence-corrected chi connectivity index (χ0v) is 45.0. The Morgan fingerprint density at radius 1 is 0.382 bits per heavy atom. The summed E-state index contributed by atoms with van der Waals surface area (Å²) < 4.78 is 17.0. The molecule has 3 aliphatic rings. The molecule has 390 valence electrons. The summed E-state index contributed by atoms with van der Waals surface area (Å²) in [6.07, 6.45) is 59.3. The van der Waals surface area contributed by atoms with Crippen LogP contribution in [0.1, 0.15) is 227 Å². The predicted molar refractivity (Wildman–Crippen MR) is 277 cm³/mol. The summed E-state index contributed by atoms with van der Waals surface area (Å²) >= 11 is 0. The second kappa shape index (κ2) is 49.4. The summed E-state index contributed by atoms with van der Waals surface area (Å²) in [5.74, 6) is -2.03. The Bertz CT molecular complexity index is 1210. The Balaban J connectivity index is 0. The molecule has 11 heteroatoms. The minimum atomic E-state index is -0.678. The fourth-order valence-electron chi connectivity index (χ4n) is 7.38. The van der Waals surface area contributed by atoms with Crippen molar-refractivity contribution in [3.8, 4) is 0 Å². The molecule has 0 spiro atoms. The minimum absolute atomic E-state index is 0. The number of rotatable bonds is 39. The van der Waals surface area contributed by atoms with Gasteiger partial charge in [-0.2, -0.15) is 0 Å². The van der Waals surface area contributed by atoms with Crippen molar-refractivity contribution in [2.75, 3.05) is 0 Å². The van der Waals surface area contributed by atoms with E-state index in [2.05, 4.69) is 93.7 Å². The summed E-state index contributed by atoms with van der Waals surface area (Å²) in [5, 5.41) is 33.7. The predicted octanol–water partition coefficient (Wildman–Crippen LogP) is 15.0. The van der Waals surface area contributed by atoms with Crippen LogP contribution in [-0.4, -0.2) is 81.1 Å². The molecule has 3 aliphatic heterocycles. The van der Waals surface area contributed by atoms with Gasteiger partial charge in [-0.05, 0) is 110 Å². The van der Waals surface area contributed by atoms with Crippen molar-refractivity contribution < 1.29 is 70.7 Å². The van der Waals surface area contributed by atoms with Gasteiger partial charge in [0.15, 0.2) is 0 Å². The van der Waals surface area contributed by atoms with Gasteiger partial charge in [-0.15, -0.1) is 0 Å². The van der Waals surface area contributed by atoms with Crippen LogP contribution in [-0.2, 0) is 50.3 Å². The third-order valence-corrected chi connectivity index (χ3v) is 11.3. The van der Waals surface area contributed by atoms with Gasteiger partial charge in [0, 0.05) is 47.1 Å². The summed E-state index contributed by atoms with van der Waals surface area (Å²) in [6.45, 7) is 9.89. The second-order valence-corrected chi connectivity index (χ2v) is 18.3. The molecular weight excluding hydrogens is 892 g/mol. The third-order valence-electron chi connectivity index (χ3n) is 11.3. The van der Waals surface area contributed by atoms with E-state index >= 15 is 0 Å². The maximum atomic E-state index is 10.4. The topological polar surface area (TPSA) is 170 Å². The molecular formula is C57H98O10Ti. The zero-order valence-electron chi connectivity index (χ0n) is 43.4. The SMILES string of the molecule is CC(C)O.CC/C=C/C/C=C/CC1OC1CCCCCCCC(=O)O.CC/C=C/C/C=C/CC1OC1CCCCCCCC(=O)O.CC/C=C/C/C=C/CC1OC1CCCCCCCC(=O)O.[Ti]. The van der Waals surface area contributed by atoms with Crippen molar-refractivity contribution in [2.24, 2.45) is 0 Å². The molecule has 0 saturated carbocycles. The number of carboxylic acids is 3. The van der Waals surface area contributed by atoms with E-state index in [4.69, 9.17) is 34.6 Å². The molecule has 3 saturated heterocycles. The Kier molecular flexibility index (Phi) is 49.0. The maximum Gasteiger partial charge on any atom is 0.303 e. The van der Waals surface area contributed by atoms with Gasteiger partial charge in [0.25, 0.3) is 0 Å². The van der Waals surface area contributed by atoms with Crippen molar-refractivity contribution in [1.29, 1.82) is 0 Å². The van der Waals surface area contributed by atoms with E-state index in [0.29, 0.717) is 55.9 Å². The Morgan fingerprint density at radius 3 is 0.838 bits per heavy atom. The number of unbranched alkanes of at least 4 members (excludes halogenated alkanes) is 12. The van der Waals surface area contributed by atoms with E-state index in [1.807, 2.05) is 0 Å². The van der Waals surface area contributed by atoms with Crippen LogP contribution in [0.5, 0.6) is 0 Å². The minimum Gasteiger partial charge on any atom is -0.481 e. The van der Waals surface area contributed by atoms with E-state index in [9.17, 15) is 14.4 Å². The summed E-state index contributed by atoms with van der Waals surface area (Å²) in [7, 11) is 0. The smallest absolute Gasteiger partial charge is 0.303 e. The molecule has 3 heterocycles. The van der Waals surface area contributed by atoms with Crippen molar-refractivity contribution in [2.45, 2.75) is 270 Å². The Hall–Kier alpha value is -2.60. The number of ether oxygens (including phenoxy) is 3. The second-order valence-electron chi connectivity index (χ2n) is 18.3. The van der Waals surface area contributed by atoms with Crippen molar-refractivity contribution in [1.82, 2.24) is 0 Å². The van der Waals surface area contributed by atoms with Crippen LogP contribution in [0.3, 0.4) is 0 Å². The molecule has 0 amide bonds. The van der Waals surface area contributed by atoms with E-state index in [1.165, 1.54) is 38.5 Å². The number of hydrogen-bond acceptors (Lipinski definition) is 7. The standard InChI is InChI=1S/3C18H30O3.C3H8O.Ti/c3*1-2-3-4-5-7-10-13-16-17(21-16)14-11-8-6-9-12-15-18(19)20;1-3(2)4;/h3*3-4,7,10,16-17H,2,5-6,8-9,11-15H2,1H3,(H,19,20);3-4H,1-2H3;/b3*4-3+,10-7+;;. The fourth-order valence-corrected chi connectivity index (χ4v) is 7.38. The van der Waals surface area contributed by atoms with Gasteiger partial charge in [0.05, 0.1) is 36.6 Å². The largest absolute Gasteiger partial charge is 0.481 e. The number of aliphatic hydroxyl groups excluding tert-OH is 1. The molecule has 0 aromatic rings. The molecule has 6 atom stereocenters. The first-order chi connectivity index (χ1) is 32.4. The number of epoxide rings is 3. The molecule has 0 bridgehead atoms. The van der Waals surface area contributed by atoms with Gasteiger partial charge in [-0.1, -0.05) is 171 Å². The fraction of sp³-hybridized carbons (Fsp3) is 0.737. The van der Waals surface area contributed by atoms with Gasteiger partial charge in [-0.25, -0.2) is 0 Å². The molecule has 0 radical (unpaired) electrons. The van der Waals surface area contributed by atoms with Gasteiger partial charge >= 0.3 is 17.9 Å². The van der Waals surface area contributed by atoms with Gasteiger partial charge in [-0.3, -0.25) is 14.4 Å². The molecule has 68 heavy (non-hydrogen) atoms. The number of aliphatic carboxylic acids is 3. The van der Waals surface area contributed by atoms with Gasteiger partial charge in [0.2, 0.25) is 0 Å². The molecule has 0 aromatic heterocycles. The number of carboxylic acid groups (broad SMARTS) is 3. The number of allylic oxidation sites excluding steroid dienone is 9. The first-order valence-electron chi connectivity index (χ1n) is 26.6. The van der Waals surface area contributed by atoms with Crippen LogP contribution in [0.4, 0.5) is 0 Å². The molecule has 3 fully saturated rings. The number of aliphatic hydroxyl groups is 1. The molecule has 0 aliphatic carbocycles. The zero-order chi connectivity index (χ0) is 49.6. The van der Waals surface area contributed by atoms with E-state index in [-0.39, 0.29) is 27.8 Å². The molecule has 3 rings (SSSR count). The summed E-state index contributed by atoms with van der Waals surface area (Å²) in [4.78, 5) is 31.1. The van der Waals surface area contributed by atoms with Crippen molar-refractivity contribution in [3.05, 3.63) is 72.9 Å². The Morgan fingerprint density at radius 2 is 0.603 bits per heavy atom. The van der Waals surface area contributed by atoms with E-state index in [0.717, 1.165) is 135 Å². The average molecular weight is 991 g/mol. The van der Waals surface area contributed by atoms with Gasteiger partial charge in [0.1, 0.15) is 0 Å². The molecule has 10 nitrogen and oxygen atoms in total. The first-order valence-corrected chi connectivity index (χ1v) is 26.6. The molecule has 4 N–H and O–H groups in total. The quantitative estimate of drug-likeness (QED) is 0.0201. The van der Waals surface area contributed by atoms with Crippen LogP contribution >= 0.6 is 0 Å². The molecule has 0 aromatic carbocycles. The number of hydrogen-bond donors (Lipinski definition) is 4. The average Bonchev–Trinajstić information content (AvgIpc) is 4.22. The Labute approximate surface area is 429 Å². The summed E-state index contributed by atoms with van der Waals surface area (Å²) in [6, 6.07) is 0. The monoisotopic (exact) mass is 991 g/mol. The van der Waals surface area contributed by atoms with Crippen molar-refractivity contribution >= 4 is 17.9 Å². The van der Waals surface area contributed by atoms with Gasteiger partial charge < -0.3 is 34.6 Å². The third kappa shape index (κ3) is 51.3. The van der Waals surface area contributed by atoms with Crippen molar-refractivity contribution in [3.63, 3.8) is 0 Å².